The highest BCUT2D eigenvalue weighted by Gasteiger charge is 2.18. The maximum absolute atomic E-state index is 12.3. The summed E-state index contributed by atoms with van der Waals surface area (Å²) in [5.74, 6) is 0.544. The number of ketones is 1. The second-order valence-electron chi connectivity index (χ2n) is 10.3. The predicted molar refractivity (Wildman–Crippen MR) is 170 cm³/mol. The molecule has 0 unspecified atom stereocenters. The molecule has 0 radical (unpaired) electrons. The molecular formula is C36H48O4. The van der Waals surface area contributed by atoms with Gasteiger partial charge in [-0.15, -0.1) is 0 Å². The molecule has 4 heteroatoms. The zero-order valence-corrected chi connectivity index (χ0v) is 25.1. The summed E-state index contributed by atoms with van der Waals surface area (Å²) in [5.41, 5.74) is 0.367. The normalized spacial score (nSPS) is 12.9. The maximum Gasteiger partial charge on any atom is 0.311 e. The molecule has 0 aromatic heterocycles. The first kappa shape index (κ1) is 34.4. The summed E-state index contributed by atoms with van der Waals surface area (Å²) in [7, 11) is 1.53. The van der Waals surface area contributed by atoms with Gasteiger partial charge in [-0.3, -0.25) is 9.59 Å². The van der Waals surface area contributed by atoms with Crippen molar-refractivity contribution < 1.29 is 19.1 Å². The number of carbonyl (C=O) groups is 2. The van der Waals surface area contributed by atoms with Crippen LogP contribution in [0.2, 0.25) is 0 Å². The fourth-order valence-corrected chi connectivity index (χ4v) is 3.31. The Morgan fingerprint density at radius 3 is 1.70 bits per heavy atom. The van der Waals surface area contributed by atoms with Crippen molar-refractivity contribution in [3.05, 3.63) is 103 Å². The molecule has 0 bridgehead atoms. The van der Waals surface area contributed by atoms with Gasteiger partial charge in [-0.2, -0.15) is 0 Å². The zero-order chi connectivity index (χ0) is 29.5. The van der Waals surface area contributed by atoms with Gasteiger partial charge in [0.15, 0.2) is 17.3 Å². The number of benzene rings is 1. The SMILES string of the molecule is CC/C=C\C/C=C\C/C=C\C/C=C\C/C=C\C/C=C\CCC(=O)Oc1ccc(/C=C/C(=O)C(C)(C)C)cc1OC. The van der Waals surface area contributed by atoms with Crippen molar-refractivity contribution >= 4 is 17.8 Å². The molecule has 0 atom stereocenters. The van der Waals surface area contributed by atoms with Crippen LogP contribution in [0.3, 0.4) is 0 Å². The van der Waals surface area contributed by atoms with Crippen LogP contribution in [0.15, 0.2) is 97.2 Å². The lowest BCUT2D eigenvalue weighted by molar-refractivity contribution is -0.134. The van der Waals surface area contributed by atoms with Crippen molar-refractivity contribution in [1.29, 1.82) is 0 Å². The molecule has 4 nitrogen and oxygen atoms in total. The molecular weight excluding hydrogens is 496 g/mol. The molecule has 0 saturated heterocycles. The summed E-state index contributed by atoms with van der Waals surface area (Å²) in [5, 5.41) is 0. The van der Waals surface area contributed by atoms with E-state index in [4.69, 9.17) is 9.47 Å². The molecule has 216 valence electrons. The monoisotopic (exact) mass is 544 g/mol. The Hall–Kier alpha value is -3.66. The van der Waals surface area contributed by atoms with Crippen LogP contribution in [0.25, 0.3) is 6.08 Å². The van der Waals surface area contributed by atoms with Gasteiger partial charge in [0, 0.05) is 11.8 Å². The summed E-state index contributed by atoms with van der Waals surface area (Å²) in [4.78, 5) is 24.4. The first-order valence-electron chi connectivity index (χ1n) is 14.3. The molecule has 0 spiro atoms. The van der Waals surface area contributed by atoms with E-state index >= 15 is 0 Å². The van der Waals surface area contributed by atoms with Gasteiger partial charge >= 0.3 is 5.97 Å². The molecule has 1 rings (SSSR count). The van der Waals surface area contributed by atoms with Crippen LogP contribution in [0.4, 0.5) is 0 Å². The fraction of sp³-hybridized carbons (Fsp3) is 0.389. The summed E-state index contributed by atoms with van der Waals surface area (Å²) in [6.07, 6.45) is 35.9. The topological polar surface area (TPSA) is 52.6 Å². The Labute approximate surface area is 242 Å². The fourth-order valence-electron chi connectivity index (χ4n) is 3.31. The van der Waals surface area contributed by atoms with Crippen LogP contribution in [-0.4, -0.2) is 18.9 Å². The largest absolute Gasteiger partial charge is 0.493 e. The second kappa shape index (κ2) is 21.2. The molecule has 0 aliphatic carbocycles. The Balaban J connectivity index is 2.27. The number of esters is 1. The average Bonchev–Trinajstić information content (AvgIpc) is 2.93. The van der Waals surface area contributed by atoms with Crippen molar-refractivity contribution in [3.8, 4) is 11.5 Å². The van der Waals surface area contributed by atoms with E-state index in [9.17, 15) is 9.59 Å². The number of carbonyl (C=O) groups excluding carboxylic acids is 2. The van der Waals surface area contributed by atoms with Gasteiger partial charge in [0.1, 0.15) is 0 Å². The van der Waals surface area contributed by atoms with Crippen LogP contribution < -0.4 is 9.47 Å². The average molecular weight is 545 g/mol. The van der Waals surface area contributed by atoms with E-state index < -0.39 is 5.41 Å². The van der Waals surface area contributed by atoms with E-state index in [2.05, 4.69) is 73.8 Å². The van der Waals surface area contributed by atoms with Crippen molar-refractivity contribution in [2.45, 2.75) is 79.1 Å². The highest BCUT2D eigenvalue weighted by atomic mass is 16.6. The Morgan fingerprint density at radius 1 is 0.725 bits per heavy atom. The van der Waals surface area contributed by atoms with Crippen molar-refractivity contribution in [1.82, 2.24) is 0 Å². The smallest absolute Gasteiger partial charge is 0.311 e. The molecule has 0 heterocycles. The van der Waals surface area contributed by atoms with Crippen LogP contribution in [0.1, 0.15) is 84.6 Å². The van der Waals surface area contributed by atoms with Crippen LogP contribution in [0.5, 0.6) is 11.5 Å². The van der Waals surface area contributed by atoms with E-state index in [1.54, 1.807) is 30.4 Å². The highest BCUT2D eigenvalue weighted by molar-refractivity contribution is 5.97. The van der Waals surface area contributed by atoms with E-state index in [-0.39, 0.29) is 18.2 Å². The van der Waals surface area contributed by atoms with Gasteiger partial charge in [-0.05, 0) is 68.7 Å². The van der Waals surface area contributed by atoms with Crippen LogP contribution in [0, 0.1) is 5.41 Å². The zero-order valence-electron chi connectivity index (χ0n) is 25.1. The molecule has 0 aliphatic heterocycles. The summed E-state index contributed by atoms with van der Waals surface area (Å²) in [6, 6.07) is 5.23. The third-order valence-corrected chi connectivity index (χ3v) is 5.69. The number of ether oxygens (including phenoxy) is 2. The summed E-state index contributed by atoms with van der Waals surface area (Å²) < 4.78 is 10.9. The van der Waals surface area contributed by atoms with E-state index in [0.717, 1.165) is 44.1 Å². The second-order valence-corrected chi connectivity index (χ2v) is 10.3. The third-order valence-electron chi connectivity index (χ3n) is 5.69. The minimum absolute atomic E-state index is 0.0383. The third kappa shape index (κ3) is 17.0. The lowest BCUT2D eigenvalue weighted by atomic mass is 9.90. The lowest BCUT2D eigenvalue weighted by Crippen LogP contribution is -2.17. The first-order valence-corrected chi connectivity index (χ1v) is 14.3. The van der Waals surface area contributed by atoms with Gasteiger partial charge in [-0.25, -0.2) is 0 Å². The van der Waals surface area contributed by atoms with E-state index in [1.807, 2.05) is 26.8 Å². The molecule has 0 amide bonds. The minimum atomic E-state index is -0.431. The van der Waals surface area contributed by atoms with Gasteiger partial charge in [0.05, 0.1) is 7.11 Å². The first-order chi connectivity index (χ1) is 19.3. The highest BCUT2D eigenvalue weighted by Crippen LogP contribution is 2.29. The van der Waals surface area contributed by atoms with Gasteiger partial charge in [-0.1, -0.05) is 113 Å². The molecule has 0 N–H and O–H groups in total. The van der Waals surface area contributed by atoms with Crippen molar-refractivity contribution in [2.75, 3.05) is 7.11 Å². The van der Waals surface area contributed by atoms with E-state index in [0.29, 0.717) is 17.9 Å². The lowest BCUT2D eigenvalue weighted by Gasteiger charge is -2.13. The summed E-state index contributed by atoms with van der Waals surface area (Å²) >= 11 is 0. The molecule has 0 fully saturated rings. The van der Waals surface area contributed by atoms with Gasteiger partial charge < -0.3 is 9.47 Å². The molecule has 1 aromatic rings. The predicted octanol–water partition coefficient (Wildman–Crippen LogP) is 9.71. The number of allylic oxidation sites excluding steroid dienone is 13. The van der Waals surface area contributed by atoms with Crippen molar-refractivity contribution in [3.63, 3.8) is 0 Å². The number of rotatable bonds is 18. The van der Waals surface area contributed by atoms with Crippen molar-refractivity contribution in [2.24, 2.45) is 5.41 Å². The Morgan fingerprint density at radius 2 is 1.23 bits per heavy atom. The summed E-state index contributed by atoms with van der Waals surface area (Å²) in [6.45, 7) is 7.78. The van der Waals surface area contributed by atoms with Gasteiger partial charge in [0.2, 0.25) is 0 Å². The number of hydrogen-bond donors (Lipinski definition) is 0. The standard InChI is InChI=1S/C36H48O4/c1-6-7-8-9-10-11-12-13-14-15-16-17-18-19-20-21-22-23-24-25-35(38)40-32-28-26-31(30-33(32)39-5)27-29-34(37)36(2,3)4/h7-8,10-11,13-14,16-17,19-20,22-23,26-30H,6,9,12,15,18,21,24-25H2,1-5H3/b8-7-,11-10-,14-13-,17-16-,20-19-,23-22-,29-27+. The number of hydrogen-bond acceptors (Lipinski definition) is 4. The van der Waals surface area contributed by atoms with Crippen LogP contribution >= 0.6 is 0 Å². The molecule has 0 aliphatic rings. The Kier molecular flexibility index (Phi) is 18.2. The van der Waals surface area contributed by atoms with Crippen LogP contribution in [-0.2, 0) is 9.59 Å². The Bertz CT molecular complexity index is 1090. The maximum atomic E-state index is 12.3. The van der Waals surface area contributed by atoms with Gasteiger partial charge in [0.25, 0.3) is 0 Å². The molecule has 40 heavy (non-hydrogen) atoms. The minimum Gasteiger partial charge on any atom is -0.493 e. The molecule has 0 saturated carbocycles. The quantitative estimate of drug-likeness (QED) is 0.0799. The molecule has 1 aromatic carbocycles. The number of methoxy groups -OCH3 is 1. The van der Waals surface area contributed by atoms with E-state index in [1.165, 1.54) is 7.11 Å².